The minimum absolute atomic E-state index is 0.146. The third-order valence-corrected chi connectivity index (χ3v) is 4.15. The second-order valence-electron chi connectivity index (χ2n) is 5.89. The van der Waals surface area contributed by atoms with Gasteiger partial charge in [0, 0.05) is 18.2 Å². The first-order valence-electron chi connectivity index (χ1n) is 8.68. The Balaban J connectivity index is 1.75. The van der Waals surface area contributed by atoms with Gasteiger partial charge in [-0.25, -0.2) is 0 Å². The summed E-state index contributed by atoms with van der Waals surface area (Å²) in [5.41, 5.74) is 1.17. The van der Waals surface area contributed by atoms with Gasteiger partial charge >= 0.3 is 0 Å². The second kappa shape index (κ2) is 10.5. The van der Waals surface area contributed by atoms with Gasteiger partial charge in [0.2, 0.25) is 0 Å². The van der Waals surface area contributed by atoms with Gasteiger partial charge in [-0.1, -0.05) is 23.7 Å². The molecule has 1 saturated heterocycles. The van der Waals surface area contributed by atoms with Crippen LogP contribution in [0.1, 0.15) is 38.3 Å². The summed E-state index contributed by atoms with van der Waals surface area (Å²) in [7, 11) is 0. The van der Waals surface area contributed by atoms with E-state index >= 15 is 0 Å². The zero-order valence-electron chi connectivity index (χ0n) is 14.6. The largest absolute Gasteiger partial charge is 0.377 e. The number of benzene rings is 1. The van der Waals surface area contributed by atoms with Crippen LogP contribution in [0.25, 0.3) is 0 Å². The van der Waals surface area contributed by atoms with Crippen molar-refractivity contribution in [3.63, 3.8) is 0 Å². The van der Waals surface area contributed by atoms with E-state index in [1.165, 1.54) is 5.56 Å². The topological polar surface area (TPSA) is 54.9 Å². The summed E-state index contributed by atoms with van der Waals surface area (Å²) < 4.78 is 11.2. The molecule has 1 aliphatic heterocycles. The molecule has 6 heteroatoms. The number of nitrogens with zero attached hydrogens (tertiary/aromatic N) is 1. The molecule has 2 rings (SSSR count). The highest BCUT2D eigenvalue weighted by atomic mass is 35.5. The van der Waals surface area contributed by atoms with Gasteiger partial charge in [0.1, 0.15) is 0 Å². The van der Waals surface area contributed by atoms with E-state index in [1.54, 1.807) is 0 Å². The summed E-state index contributed by atoms with van der Waals surface area (Å²) in [6, 6.07) is 7.99. The monoisotopic (exact) mass is 353 g/mol. The number of hydrogen-bond donors (Lipinski definition) is 2. The molecule has 2 N–H and O–H groups in total. The van der Waals surface area contributed by atoms with E-state index in [4.69, 9.17) is 21.1 Å². The second-order valence-corrected chi connectivity index (χ2v) is 6.32. The van der Waals surface area contributed by atoms with Crippen molar-refractivity contribution in [2.24, 2.45) is 4.99 Å². The van der Waals surface area contributed by atoms with E-state index < -0.39 is 0 Å². The van der Waals surface area contributed by atoms with Crippen molar-refractivity contribution >= 4 is 17.6 Å². The summed E-state index contributed by atoms with van der Waals surface area (Å²) in [5, 5.41) is 7.41. The molecule has 2 unspecified atom stereocenters. The average Bonchev–Trinajstić information content (AvgIpc) is 3.08. The zero-order valence-corrected chi connectivity index (χ0v) is 15.3. The first-order valence-corrected chi connectivity index (χ1v) is 9.06. The Morgan fingerprint density at radius 3 is 2.88 bits per heavy atom. The number of halogens is 1. The fourth-order valence-corrected chi connectivity index (χ4v) is 2.70. The highest BCUT2D eigenvalue weighted by molar-refractivity contribution is 6.30. The van der Waals surface area contributed by atoms with Crippen molar-refractivity contribution in [2.45, 2.75) is 38.8 Å². The number of nitrogens with one attached hydrogen (secondary N) is 2. The van der Waals surface area contributed by atoms with Gasteiger partial charge in [-0.15, -0.1) is 0 Å². The van der Waals surface area contributed by atoms with Gasteiger partial charge in [0.25, 0.3) is 0 Å². The molecule has 1 heterocycles. The molecular weight excluding hydrogens is 326 g/mol. The van der Waals surface area contributed by atoms with Crippen molar-refractivity contribution < 1.29 is 9.47 Å². The molecule has 0 radical (unpaired) electrons. The lowest BCUT2D eigenvalue weighted by atomic mass is 10.1. The molecule has 134 valence electrons. The molecule has 0 aliphatic carbocycles. The van der Waals surface area contributed by atoms with Crippen LogP contribution >= 0.6 is 11.6 Å². The Morgan fingerprint density at radius 1 is 1.42 bits per heavy atom. The number of rotatable bonds is 8. The van der Waals surface area contributed by atoms with E-state index in [2.05, 4.69) is 29.5 Å². The van der Waals surface area contributed by atoms with Crippen molar-refractivity contribution in [3.05, 3.63) is 34.9 Å². The van der Waals surface area contributed by atoms with E-state index in [1.807, 2.05) is 24.3 Å². The normalized spacial score (nSPS) is 19.3. The molecule has 0 aromatic heterocycles. The molecule has 24 heavy (non-hydrogen) atoms. The minimum Gasteiger partial charge on any atom is -0.377 e. The molecule has 0 saturated carbocycles. The third kappa shape index (κ3) is 6.67. The Bertz CT molecular complexity index is 501. The van der Waals surface area contributed by atoms with Crippen LogP contribution in [0.15, 0.2) is 29.3 Å². The summed E-state index contributed by atoms with van der Waals surface area (Å²) in [6.45, 7) is 7.73. The number of guanidine groups is 1. The van der Waals surface area contributed by atoms with Crippen molar-refractivity contribution in [3.8, 4) is 0 Å². The summed E-state index contributed by atoms with van der Waals surface area (Å²) >= 11 is 5.94. The predicted molar refractivity (Wildman–Crippen MR) is 98.8 cm³/mol. The number of hydrogen-bond acceptors (Lipinski definition) is 3. The van der Waals surface area contributed by atoms with E-state index in [9.17, 15) is 0 Å². The first kappa shape index (κ1) is 19.0. The fraction of sp³-hybridized carbons (Fsp3) is 0.611. The maximum Gasteiger partial charge on any atom is 0.191 e. The molecule has 1 aromatic rings. The maximum atomic E-state index is 5.94. The van der Waals surface area contributed by atoms with Gasteiger partial charge < -0.3 is 20.1 Å². The van der Waals surface area contributed by atoms with E-state index in [-0.39, 0.29) is 12.1 Å². The molecule has 5 nitrogen and oxygen atoms in total. The number of aliphatic imine (C=N–C) groups is 1. The van der Waals surface area contributed by atoms with Crippen molar-refractivity contribution in [1.29, 1.82) is 0 Å². The molecule has 0 amide bonds. The van der Waals surface area contributed by atoms with Crippen LogP contribution < -0.4 is 10.6 Å². The SMILES string of the molecule is CCNC(=NCCOCC1CCCO1)NC(C)c1ccc(Cl)cc1. The van der Waals surface area contributed by atoms with Crippen LogP contribution in [-0.4, -0.2) is 45.0 Å². The highest BCUT2D eigenvalue weighted by Gasteiger charge is 2.15. The van der Waals surface area contributed by atoms with Crippen LogP contribution in [0.4, 0.5) is 0 Å². The Hall–Kier alpha value is -1.30. The lowest BCUT2D eigenvalue weighted by molar-refractivity contribution is 0.0200. The van der Waals surface area contributed by atoms with E-state index in [0.29, 0.717) is 19.8 Å². The summed E-state index contributed by atoms with van der Waals surface area (Å²) in [6.07, 6.45) is 2.51. The Morgan fingerprint density at radius 2 is 2.21 bits per heavy atom. The standard InChI is InChI=1S/C18H28ClN3O2/c1-3-20-18(21-10-12-23-13-17-5-4-11-24-17)22-14(2)15-6-8-16(19)9-7-15/h6-9,14,17H,3-5,10-13H2,1-2H3,(H2,20,21,22). The smallest absolute Gasteiger partial charge is 0.191 e. The fourth-order valence-electron chi connectivity index (χ4n) is 2.57. The highest BCUT2D eigenvalue weighted by Crippen LogP contribution is 2.16. The Labute approximate surface area is 149 Å². The molecule has 0 bridgehead atoms. The van der Waals surface area contributed by atoms with Crippen LogP contribution in [0.2, 0.25) is 5.02 Å². The van der Waals surface area contributed by atoms with Crippen LogP contribution in [0.3, 0.4) is 0 Å². The molecule has 1 aromatic carbocycles. The lowest BCUT2D eigenvalue weighted by Crippen LogP contribution is -2.39. The van der Waals surface area contributed by atoms with E-state index in [0.717, 1.165) is 37.0 Å². The summed E-state index contributed by atoms with van der Waals surface area (Å²) in [5.74, 6) is 0.792. The van der Waals surface area contributed by atoms with Gasteiger partial charge in [-0.2, -0.15) is 0 Å². The van der Waals surface area contributed by atoms with Gasteiger partial charge in [0.15, 0.2) is 5.96 Å². The van der Waals surface area contributed by atoms with Gasteiger partial charge in [0.05, 0.1) is 31.9 Å². The average molecular weight is 354 g/mol. The summed E-state index contributed by atoms with van der Waals surface area (Å²) in [4.78, 5) is 4.56. The van der Waals surface area contributed by atoms with Gasteiger partial charge in [-0.3, -0.25) is 4.99 Å². The number of ether oxygens (including phenoxy) is 2. The molecule has 0 spiro atoms. The Kier molecular flexibility index (Phi) is 8.36. The van der Waals surface area contributed by atoms with Crippen molar-refractivity contribution in [1.82, 2.24) is 10.6 Å². The molecule has 2 atom stereocenters. The maximum absolute atomic E-state index is 5.94. The van der Waals surface area contributed by atoms with Crippen LogP contribution in [-0.2, 0) is 9.47 Å². The zero-order chi connectivity index (χ0) is 17.2. The minimum atomic E-state index is 0.146. The van der Waals surface area contributed by atoms with Crippen LogP contribution in [0, 0.1) is 0 Å². The van der Waals surface area contributed by atoms with Crippen molar-refractivity contribution in [2.75, 3.05) is 32.9 Å². The molecular formula is C18H28ClN3O2. The molecule has 1 aliphatic rings. The molecule has 1 fully saturated rings. The third-order valence-electron chi connectivity index (χ3n) is 3.90. The lowest BCUT2D eigenvalue weighted by Gasteiger charge is -2.18. The van der Waals surface area contributed by atoms with Gasteiger partial charge in [-0.05, 0) is 44.4 Å². The predicted octanol–water partition coefficient (Wildman–Crippen LogP) is 3.15. The first-order chi connectivity index (χ1) is 11.7. The quantitative estimate of drug-likeness (QED) is 0.428. The van der Waals surface area contributed by atoms with Crippen LogP contribution in [0.5, 0.6) is 0 Å².